The number of rotatable bonds is 6. The molecule has 1 atom stereocenters. The van der Waals surface area contributed by atoms with E-state index in [1.54, 1.807) is 7.11 Å². The van der Waals surface area contributed by atoms with Crippen molar-refractivity contribution in [1.29, 1.82) is 0 Å². The van der Waals surface area contributed by atoms with Crippen LogP contribution in [0.2, 0.25) is 0 Å². The summed E-state index contributed by atoms with van der Waals surface area (Å²) in [4.78, 5) is 13.2. The van der Waals surface area contributed by atoms with Gasteiger partial charge in [-0.05, 0) is 85.4 Å². The molecule has 158 valence electrons. The van der Waals surface area contributed by atoms with Crippen molar-refractivity contribution in [3.8, 4) is 11.5 Å². The molecule has 0 saturated carbocycles. The Morgan fingerprint density at radius 2 is 1.93 bits per heavy atom. The minimum atomic E-state index is -0.428. The molecule has 1 aliphatic heterocycles. The van der Waals surface area contributed by atoms with Gasteiger partial charge in [0.1, 0.15) is 0 Å². The number of benzene rings is 2. The van der Waals surface area contributed by atoms with Crippen LogP contribution in [-0.2, 0) is 4.79 Å². The standard InChI is InChI=1S/C22H24IN3O3S/c1-5-29-20-16(23)10-14(11-17(20)28-4)19-18(13(3)24-22(30)26-19)21(27)25-15-8-6-12(2)7-9-15/h6-11,19H,5H2,1-4H3,(H,25,27)(H2,24,26,30). The first-order chi connectivity index (χ1) is 14.3. The highest BCUT2D eigenvalue weighted by atomic mass is 127. The van der Waals surface area contributed by atoms with Crippen molar-refractivity contribution in [2.45, 2.75) is 26.8 Å². The Hall–Kier alpha value is -2.33. The minimum Gasteiger partial charge on any atom is -0.493 e. The molecule has 2 aromatic carbocycles. The molecule has 2 aromatic rings. The lowest BCUT2D eigenvalue weighted by atomic mass is 9.94. The highest BCUT2D eigenvalue weighted by Crippen LogP contribution is 2.38. The molecule has 0 bridgehead atoms. The number of hydrogen-bond donors (Lipinski definition) is 3. The second-order valence-electron chi connectivity index (χ2n) is 6.86. The zero-order valence-corrected chi connectivity index (χ0v) is 20.2. The van der Waals surface area contributed by atoms with Crippen molar-refractivity contribution in [2.24, 2.45) is 0 Å². The largest absolute Gasteiger partial charge is 0.493 e. The van der Waals surface area contributed by atoms with Gasteiger partial charge >= 0.3 is 0 Å². The molecule has 0 saturated heterocycles. The monoisotopic (exact) mass is 537 g/mol. The summed E-state index contributed by atoms with van der Waals surface area (Å²) in [6.45, 7) is 6.31. The Morgan fingerprint density at radius 1 is 1.23 bits per heavy atom. The van der Waals surface area contributed by atoms with Crippen LogP contribution >= 0.6 is 34.8 Å². The summed E-state index contributed by atoms with van der Waals surface area (Å²) in [6.07, 6.45) is 0. The van der Waals surface area contributed by atoms with Gasteiger partial charge in [0, 0.05) is 11.4 Å². The number of methoxy groups -OCH3 is 1. The number of carbonyl (C=O) groups excluding carboxylic acids is 1. The van der Waals surface area contributed by atoms with Gasteiger partial charge in [-0.3, -0.25) is 4.79 Å². The average Bonchev–Trinajstić information content (AvgIpc) is 2.70. The van der Waals surface area contributed by atoms with E-state index < -0.39 is 6.04 Å². The number of amides is 1. The topological polar surface area (TPSA) is 71.6 Å². The molecule has 1 amide bonds. The highest BCUT2D eigenvalue weighted by Gasteiger charge is 2.31. The van der Waals surface area contributed by atoms with E-state index in [-0.39, 0.29) is 5.91 Å². The fourth-order valence-electron chi connectivity index (χ4n) is 3.27. The third-order valence-electron chi connectivity index (χ3n) is 4.70. The van der Waals surface area contributed by atoms with E-state index in [2.05, 4.69) is 38.5 Å². The van der Waals surface area contributed by atoms with Gasteiger partial charge in [0.05, 0.1) is 28.9 Å². The van der Waals surface area contributed by atoms with Crippen molar-refractivity contribution in [3.63, 3.8) is 0 Å². The van der Waals surface area contributed by atoms with Gasteiger partial charge in [-0.2, -0.15) is 0 Å². The van der Waals surface area contributed by atoms with Crippen LogP contribution in [0.1, 0.15) is 31.0 Å². The van der Waals surface area contributed by atoms with E-state index in [0.717, 1.165) is 20.4 Å². The van der Waals surface area contributed by atoms with Gasteiger partial charge in [-0.25, -0.2) is 0 Å². The van der Waals surface area contributed by atoms with E-state index in [9.17, 15) is 4.79 Å². The molecule has 3 rings (SSSR count). The summed E-state index contributed by atoms with van der Waals surface area (Å²) >= 11 is 7.57. The lowest BCUT2D eigenvalue weighted by Crippen LogP contribution is -2.45. The highest BCUT2D eigenvalue weighted by molar-refractivity contribution is 14.1. The number of ether oxygens (including phenoxy) is 2. The van der Waals surface area contributed by atoms with Gasteiger partial charge in [-0.15, -0.1) is 0 Å². The van der Waals surface area contributed by atoms with Crippen LogP contribution in [0.15, 0.2) is 47.7 Å². The Morgan fingerprint density at radius 3 is 2.57 bits per heavy atom. The first kappa shape index (κ1) is 22.4. The van der Waals surface area contributed by atoms with Crippen LogP contribution in [-0.4, -0.2) is 24.7 Å². The second-order valence-corrected chi connectivity index (χ2v) is 8.43. The fraction of sp³-hybridized carbons (Fsp3) is 0.273. The quantitative estimate of drug-likeness (QED) is 0.374. The molecule has 1 heterocycles. The van der Waals surface area contributed by atoms with Crippen LogP contribution in [0.5, 0.6) is 11.5 Å². The summed E-state index contributed by atoms with van der Waals surface area (Å²) in [6, 6.07) is 11.1. The first-order valence-corrected chi connectivity index (χ1v) is 11.0. The van der Waals surface area contributed by atoms with Gasteiger partial charge in [0.15, 0.2) is 16.6 Å². The number of aryl methyl sites for hydroxylation is 1. The van der Waals surface area contributed by atoms with Gasteiger partial charge < -0.3 is 25.4 Å². The van der Waals surface area contributed by atoms with Crippen molar-refractivity contribution in [2.75, 3.05) is 19.0 Å². The molecule has 6 nitrogen and oxygen atoms in total. The lowest BCUT2D eigenvalue weighted by molar-refractivity contribution is -0.113. The predicted octanol–water partition coefficient (Wildman–Crippen LogP) is 4.44. The summed E-state index contributed by atoms with van der Waals surface area (Å²) < 4.78 is 12.2. The molecular weight excluding hydrogens is 513 g/mol. The van der Waals surface area contributed by atoms with Gasteiger partial charge in [0.2, 0.25) is 0 Å². The molecule has 0 spiro atoms. The molecule has 8 heteroatoms. The Labute approximate surface area is 195 Å². The summed E-state index contributed by atoms with van der Waals surface area (Å²) in [5.74, 6) is 1.10. The smallest absolute Gasteiger partial charge is 0.255 e. The molecule has 0 fully saturated rings. The Kier molecular flexibility index (Phi) is 7.19. The van der Waals surface area contributed by atoms with Crippen molar-refractivity contribution in [1.82, 2.24) is 10.6 Å². The van der Waals surface area contributed by atoms with E-state index in [0.29, 0.717) is 34.5 Å². The molecule has 30 heavy (non-hydrogen) atoms. The molecule has 1 unspecified atom stereocenters. The molecule has 1 aliphatic rings. The zero-order valence-electron chi connectivity index (χ0n) is 17.3. The molecular formula is C22H24IN3O3S. The molecule has 0 aromatic heterocycles. The third kappa shape index (κ3) is 4.86. The lowest BCUT2D eigenvalue weighted by Gasteiger charge is -2.31. The van der Waals surface area contributed by atoms with Crippen molar-refractivity contribution < 1.29 is 14.3 Å². The number of thiocarbonyl (C=S) groups is 1. The maximum atomic E-state index is 13.2. The van der Waals surface area contributed by atoms with Crippen LogP contribution in [0, 0.1) is 10.5 Å². The van der Waals surface area contributed by atoms with Crippen LogP contribution in [0.4, 0.5) is 5.69 Å². The number of hydrogen-bond acceptors (Lipinski definition) is 4. The van der Waals surface area contributed by atoms with Crippen LogP contribution in [0.3, 0.4) is 0 Å². The number of nitrogens with one attached hydrogen (secondary N) is 3. The summed E-state index contributed by atoms with van der Waals surface area (Å²) in [7, 11) is 1.60. The SMILES string of the molecule is CCOc1c(I)cc(C2NC(=S)NC(C)=C2C(=O)Nc2ccc(C)cc2)cc1OC. The predicted molar refractivity (Wildman–Crippen MR) is 131 cm³/mol. The molecule has 3 N–H and O–H groups in total. The zero-order chi connectivity index (χ0) is 21.8. The maximum absolute atomic E-state index is 13.2. The Balaban J connectivity index is 2.00. The van der Waals surface area contributed by atoms with Gasteiger partial charge in [-0.1, -0.05) is 17.7 Å². The normalized spacial score (nSPS) is 15.9. The van der Waals surface area contributed by atoms with Crippen molar-refractivity contribution in [3.05, 3.63) is 62.4 Å². The number of allylic oxidation sites excluding steroid dienone is 1. The second kappa shape index (κ2) is 9.65. The summed E-state index contributed by atoms with van der Waals surface area (Å²) in [5.41, 5.74) is 3.99. The number of carbonyl (C=O) groups is 1. The number of anilines is 1. The summed E-state index contributed by atoms with van der Waals surface area (Å²) in [5, 5.41) is 9.73. The maximum Gasteiger partial charge on any atom is 0.255 e. The van der Waals surface area contributed by atoms with Crippen molar-refractivity contribution >= 4 is 51.5 Å². The molecule has 0 aliphatic carbocycles. The Bertz CT molecular complexity index is 1010. The van der Waals surface area contributed by atoms with E-state index in [1.807, 2.05) is 57.2 Å². The van der Waals surface area contributed by atoms with E-state index in [4.69, 9.17) is 21.7 Å². The van der Waals surface area contributed by atoms with E-state index in [1.165, 1.54) is 0 Å². The number of halogens is 1. The first-order valence-electron chi connectivity index (χ1n) is 9.50. The average molecular weight is 537 g/mol. The third-order valence-corrected chi connectivity index (χ3v) is 5.72. The van der Waals surface area contributed by atoms with Gasteiger partial charge in [0.25, 0.3) is 5.91 Å². The van der Waals surface area contributed by atoms with Crippen LogP contribution in [0.25, 0.3) is 0 Å². The minimum absolute atomic E-state index is 0.202. The van der Waals surface area contributed by atoms with Crippen LogP contribution < -0.4 is 25.4 Å². The van der Waals surface area contributed by atoms with E-state index >= 15 is 0 Å². The molecule has 0 radical (unpaired) electrons. The fourth-order valence-corrected chi connectivity index (χ4v) is 4.32.